The zero-order valence-corrected chi connectivity index (χ0v) is 8.37. The fourth-order valence-electron chi connectivity index (χ4n) is 2.19. The molecule has 2 unspecified atom stereocenters. The Hall–Kier alpha value is -0.590. The van der Waals surface area contributed by atoms with E-state index in [-0.39, 0.29) is 0 Å². The SMILES string of the molecule is CCC(CC#N)N1CCCC1CN. The van der Waals surface area contributed by atoms with E-state index >= 15 is 0 Å². The van der Waals surface area contributed by atoms with Crippen LogP contribution in [0.2, 0.25) is 0 Å². The molecule has 0 aliphatic carbocycles. The normalized spacial score (nSPS) is 25.8. The molecule has 1 saturated heterocycles. The van der Waals surface area contributed by atoms with E-state index in [0.717, 1.165) is 19.5 Å². The lowest BCUT2D eigenvalue weighted by molar-refractivity contribution is 0.180. The van der Waals surface area contributed by atoms with Crippen molar-refractivity contribution in [3.63, 3.8) is 0 Å². The Morgan fingerprint density at radius 2 is 2.46 bits per heavy atom. The Bertz CT molecular complexity index is 185. The third-order valence-corrected chi connectivity index (χ3v) is 2.96. The Morgan fingerprint density at radius 1 is 1.69 bits per heavy atom. The molecule has 3 heteroatoms. The first-order valence-corrected chi connectivity index (χ1v) is 5.16. The first kappa shape index (κ1) is 10.5. The summed E-state index contributed by atoms with van der Waals surface area (Å²) in [5, 5.41) is 8.68. The van der Waals surface area contributed by atoms with Crippen molar-refractivity contribution in [2.45, 2.75) is 44.7 Å². The van der Waals surface area contributed by atoms with Gasteiger partial charge in [0.25, 0.3) is 0 Å². The number of nitriles is 1. The van der Waals surface area contributed by atoms with Crippen LogP contribution in [-0.2, 0) is 0 Å². The maximum absolute atomic E-state index is 8.68. The number of hydrogen-bond acceptors (Lipinski definition) is 3. The molecule has 1 rings (SSSR count). The summed E-state index contributed by atoms with van der Waals surface area (Å²) in [6.45, 7) is 4.01. The van der Waals surface area contributed by atoms with Gasteiger partial charge < -0.3 is 5.73 Å². The summed E-state index contributed by atoms with van der Waals surface area (Å²) < 4.78 is 0. The molecular weight excluding hydrogens is 162 g/mol. The van der Waals surface area contributed by atoms with E-state index in [1.54, 1.807) is 0 Å². The van der Waals surface area contributed by atoms with E-state index in [4.69, 9.17) is 11.0 Å². The van der Waals surface area contributed by atoms with E-state index in [2.05, 4.69) is 17.9 Å². The minimum Gasteiger partial charge on any atom is -0.329 e. The van der Waals surface area contributed by atoms with E-state index in [9.17, 15) is 0 Å². The van der Waals surface area contributed by atoms with Crippen molar-refractivity contribution in [1.29, 1.82) is 5.26 Å². The molecule has 0 aromatic heterocycles. The van der Waals surface area contributed by atoms with Gasteiger partial charge in [0.1, 0.15) is 0 Å². The Balaban J connectivity index is 2.52. The van der Waals surface area contributed by atoms with Gasteiger partial charge in [0, 0.05) is 18.6 Å². The molecule has 3 nitrogen and oxygen atoms in total. The Kier molecular flexibility index (Phi) is 4.20. The van der Waals surface area contributed by atoms with Crippen molar-refractivity contribution in [2.75, 3.05) is 13.1 Å². The highest BCUT2D eigenvalue weighted by Gasteiger charge is 2.28. The highest BCUT2D eigenvalue weighted by Crippen LogP contribution is 2.22. The molecule has 2 atom stereocenters. The monoisotopic (exact) mass is 181 g/mol. The standard InChI is InChI=1S/C10H19N3/c1-2-9(5-6-11)13-7-3-4-10(13)8-12/h9-10H,2-5,7-8,12H2,1H3. The number of rotatable bonds is 4. The first-order chi connectivity index (χ1) is 6.33. The summed E-state index contributed by atoms with van der Waals surface area (Å²) in [5.74, 6) is 0. The average Bonchev–Trinajstić information content (AvgIpc) is 2.61. The second-order valence-corrected chi connectivity index (χ2v) is 3.69. The molecule has 0 saturated carbocycles. The molecule has 1 fully saturated rings. The highest BCUT2D eigenvalue weighted by atomic mass is 15.2. The summed E-state index contributed by atoms with van der Waals surface area (Å²) in [6.07, 6.45) is 4.15. The Morgan fingerprint density at radius 3 is 3.00 bits per heavy atom. The minimum atomic E-state index is 0.432. The van der Waals surface area contributed by atoms with Crippen molar-refractivity contribution in [1.82, 2.24) is 4.90 Å². The van der Waals surface area contributed by atoms with Gasteiger partial charge in [-0.1, -0.05) is 6.92 Å². The summed E-state index contributed by atoms with van der Waals surface area (Å²) >= 11 is 0. The summed E-state index contributed by atoms with van der Waals surface area (Å²) in [7, 11) is 0. The molecule has 0 aromatic rings. The van der Waals surface area contributed by atoms with Crippen LogP contribution in [0.4, 0.5) is 0 Å². The van der Waals surface area contributed by atoms with E-state index in [1.165, 1.54) is 12.8 Å². The van der Waals surface area contributed by atoms with Crippen LogP contribution in [-0.4, -0.2) is 30.1 Å². The number of nitrogens with two attached hydrogens (primary N) is 1. The van der Waals surface area contributed by atoms with Crippen LogP contribution < -0.4 is 5.73 Å². The van der Waals surface area contributed by atoms with Crippen molar-refractivity contribution in [3.05, 3.63) is 0 Å². The predicted molar refractivity (Wildman–Crippen MR) is 53.1 cm³/mol. The van der Waals surface area contributed by atoms with Crippen LogP contribution in [0.1, 0.15) is 32.6 Å². The number of nitrogens with zero attached hydrogens (tertiary/aromatic N) is 2. The fraction of sp³-hybridized carbons (Fsp3) is 0.900. The zero-order valence-electron chi connectivity index (χ0n) is 8.37. The molecule has 0 amide bonds. The minimum absolute atomic E-state index is 0.432. The predicted octanol–water partition coefficient (Wildman–Crippen LogP) is 1.10. The van der Waals surface area contributed by atoms with Gasteiger partial charge in [-0.3, -0.25) is 4.90 Å². The molecule has 0 bridgehead atoms. The lowest BCUT2D eigenvalue weighted by atomic mass is 10.1. The largest absolute Gasteiger partial charge is 0.329 e. The molecule has 1 aliphatic rings. The van der Waals surface area contributed by atoms with Crippen molar-refractivity contribution >= 4 is 0 Å². The molecule has 13 heavy (non-hydrogen) atoms. The van der Waals surface area contributed by atoms with Crippen LogP contribution in [0.25, 0.3) is 0 Å². The molecule has 2 N–H and O–H groups in total. The Labute approximate surface area is 80.5 Å². The van der Waals surface area contributed by atoms with Crippen LogP contribution in [0, 0.1) is 11.3 Å². The molecule has 0 spiro atoms. The zero-order chi connectivity index (χ0) is 9.68. The maximum Gasteiger partial charge on any atom is 0.0638 e. The summed E-state index contributed by atoms with van der Waals surface area (Å²) in [6, 6.07) is 3.22. The first-order valence-electron chi connectivity index (χ1n) is 5.16. The molecular formula is C10H19N3. The average molecular weight is 181 g/mol. The second-order valence-electron chi connectivity index (χ2n) is 3.69. The van der Waals surface area contributed by atoms with Crippen molar-refractivity contribution in [2.24, 2.45) is 5.73 Å². The highest BCUT2D eigenvalue weighted by molar-refractivity contribution is 4.89. The van der Waals surface area contributed by atoms with Crippen molar-refractivity contribution < 1.29 is 0 Å². The molecule has 0 aromatic carbocycles. The molecule has 0 radical (unpaired) electrons. The van der Waals surface area contributed by atoms with Gasteiger partial charge >= 0.3 is 0 Å². The van der Waals surface area contributed by atoms with Crippen LogP contribution in [0.15, 0.2) is 0 Å². The van der Waals surface area contributed by atoms with Gasteiger partial charge in [0.15, 0.2) is 0 Å². The van der Waals surface area contributed by atoms with E-state index in [0.29, 0.717) is 18.5 Å². The number of likely N-dealkylation sites (tertiary alicyclic amines) is 1. The second kappa shape index (κ2) is 5.21. The van der Waals surface area contributed by atoms with Crippen LogP contribution in [0.5, 0.6) is 0 Å². The molecule has 1 heterocycles. The number of hydrogen-bond donors (Lipinski definition) is 1. The van der Waals surface area contributed by atoms with Gasteiger partial charge in [0.2, 0.25) is 0 Å². The smallest absolute Gasteiger partial charge is 0.0638 e. The molecule has 74 valence electrons. The van der Waals surface area contributed by atoms with Gasteiger partial charge in [0.05, 0.1) is 12.5 Å². The topological polar surface area (TPSA) is 53.0 Å². The third-order valence-electron chi connectivity index (χ3n) is 2.96. The van der Waals surface area contributed by atoms with Gasteiger partial charge in [-0.2, -0.15) is 5.26 Å². The van der Waals surface area contributed by atoms with E-state index in [1.807, 2.05) is 0 Å². The fourth-order valence-corrected chi connectivity index (χ4v) is 2.19. The quantitative estimate of drug-likeness (QED) is 0.706. The van der Waals surface area contributed by atoms with Gasteiger partial charge in [-0.15, -0.1) is 0 Å². The van der Waals surface area contributed by atoms with Crippen LogP contribution in [0.3, 0.4) is 0 Å². The lowest BCUT2D eigenvalue weighted by Gasteiger charge is -2.30. The van der Waals surface area contributed by atoms with Crippen LogP contribution >= 0.6 is 0 Å². The maximum atomic E-state index is 8.68. The summed E-state index contributed by atoms with van der Waals surface area (Å²) in [5.41, 5.74) is 5.69. The third kappa shape index (κ3) is 2.43. The van der Waals surface area contributed by atoms with E-state index < -0.39 is 0 Å². The summed E-state index contributed by atoms with van der Waals surface area (Å²) in [4.78, 5) is 2.42. The lowest BCUT2D eigenvalue weighted by Crippen LogP contribution is -2.42. The van der Waals surface area contributed by atoms with Crippen molar-refractivity contribution in [3.8, 4) is 6.07 Å². The van der Waals surface area contributed by atoms with Gasteiger partial charge in [-0.25, -0.2) is 0 Å². The molecule has 1 aliphatic heterocycles. The van der Waals surface area contributed by atoms with Gasteiger partial charge in [-0.05, 0) is 25.8 Å².